The number of thiazole rings is 2. The predicted octanol–water partition coefficient (Wildman–Crippen LogP) is 8.60. The molecule has 2 aromatic carbocycles. The molecule has 2 aliphatic heterocycles. The molecule has 0 spiro atoms. The molecule has 8 rings (SSSR count). The Bertz CT molecular complexity index is 2270. The maximum Gasteiger partial charge on any atom is 0.407 e. The average molecular weight is 859 g/mol. The Morgan fingerprint density at radius 1 is 0.776 bits per heavy atom. The minimum Gasteiger partial charge on any atom is -0.476 e. The molecule has 0 saturated carbocycles. The van der Waals surface area contributed by atoms with E-state index in [0.717, 1.165) is 81.5 Å². The number of anilines is 4. The van der Waals surface area contributed by atoms with Gasteiger partial charge in [-0.1, -0.05) is 36.4 Å². The highest BCUT2D eigenvalue weighted by atomic mass is 32.1. The van der Waals surface area contributed by atoms with Crippen molar-refractivity contribution in [2.45, 2.75) is 51.3 Å². The fraction of sp³-hybridized carbons (Fsp3) is 0.293. The van der Waals surface area contributed by atoms with Crippen LogP contribution in [0, 0.1) is 0 Å². The molecule has 2 aliphatic rings. The Morgan fingerprint density at radius 3 is 1.93 bits per heavy atom. The number of benzene rings is 2. The van der Waals surface area contributed by atoms with Gasteiger partial charge in [-0.2, -0.15) is 0 Å². The number of carbonyl (C=O) groups excluding carboxylic acids is 2. The van der Waals surface area contributed by atoms with E-state index in [1.165, 1.54) is 22.7 Å². The number of carbonyl (C=O) groups is 3. The normalized spacial score (nSPS) is 16.1. The standard InChI is InChI=1S/C18H18N4OS2.C15H23N3O2.C8H5NO2S2/c19-12-7-8-22(10-12)15-5-2-1-4-13(15)20-17(23)14-11-25-18(21-14)16-6-3-9-24-16;1-15(2,3)20-14(19)17-11-8-9-18(10-11)13-7-5-4-6-12(13)16;10-8(11)5-4-13-7(9-5)6-2-1-3-12-6/h1-6,9,11-12H,7-8,10,19H2,(H,20,23);4-7,11H,8-10,16H2,1-3H3,(H,17,19);1-4H,(H,10,11)/t12-;11-;/m11./s1. The lowest BCUT2D eigenvalue weighted by Gasteiger charge is -2.23. The number of nitrogen functional groups attached to an aromatic ring is 1. The first-order valence-electron chi connectivity index (χ1n) is 18.5. The third-order valence-electron chi connectivity index (χ3n) is 8.83. The fourth-order valence-corrected chi connectivity index (χ4v) is 9.39. The van der Waals surface area contributed by atoms with Crippen molar-refractivity contribution < 1.29 is 24.2 Å². The highest BCUT2D eigenvalue weighted by Crippen LogP contribution is 2.32. The van der Waals surface area contributed by atoms with Gasteiger partial charge in [-0.15, -0.1) is 45.3 Å². The molecule has 6 aromatic rings. The zero-order valence-electron chi connectivity index (χ0n) is 32.3. The molecular weight excluding hydrogens is 813 g/mol. The molecule has 7 N–H and O–H groups in total. The minimum atomic E-state index is -0.973. The van der Waals surface area contributed by atoms with Gasteiger partial charge >= 0.3 is 12.1 Å². The van der Waals surface area contributed by atoms with Gasteiger partial charge in [-0.05, 0) is 80.8 Å². The van der Waals surface area contributed by atoms with Crippen molar-refractivity contribution in [3.8, 4) is 19.8 Å². The second-order valence-electron chi connectivity index (χ2n) is 14.4. The smallest absolute Gasteiger partial charge is 0.407 e. The van der Waals surface area contributed by atoms with Crippen LogP contribution in [-0.4, -0.2) is 76.9 Å². The maximum absolute atomic E-state index is 12.6. The van der Waals surface area contributed by atoms with E-state index in [0.29, 0.717) is 5.69 Å². The van der Waals surface area contributed by atoms with Crippen LogP contribution in [0.5, 0.6) is 0 Å². The molecule has 0 radical (unpaired) electrons. The highest BCUT2D eigenvalue weighted by molar-refractivity contribution is 7.20. The van der Waals surface area contributed by atoms with E-state index in [1.54, 1.807) is 33.4 Å². The molecule has 13 nitrogen and oxygen atoms in total. The summed E-state index contributed by atoms with van der Waals surface area (Å²) in [4.78, 5) is 49.9. The summed E-state index contributed by atoms with van der Waals surface area (Å²) in [6, 6.07) is 23.8. The van der Waals surface area contributed by atoms with Crippen molar-refractivity contribution in [2.24, 2.45) is 5.73 Å². The van der Waals surface area contributed by atoms with E-state index >= 15 is 0 Å². The van der Waals surface area contributed by atoms with Crippen LogP contribution in [0.2, 0.25) is 0 Å². The first-order chi connectivity index (χ1) is 27.8. The number of carboxylic acids is 1. The summed E-state index contributed by atoms with van der Waals surface area (Å²) in [7, 11) is 0. The Labute approximate surface area is 353 Å². The lowest BCUT2D eigenvalue weighted by Crippen LogP contribution is -2.40. The second kappa shape index (κ2) is 19.4. The van der Waals surface area contributed by atoms with Gasteiger partial charge in [-0.3, -0.25) is 4.79 Å². The zero-order chi connectivity index (χ0) is 41.2. The largest absolute Gasteiger partial charge is 0.476 e. The number of aromatic nitrogens is 2. The first kappa shape index (κ1) is 42.3. The monoisotopic (exact) mass is 858 g/mol. The molecule has 6 heterocycles. The molecule has 2 amide bonds. The van der Waals surface area contributed by atoms with Crippen molar-refractivity contribution in [2.75, 3.05) is 47.0 Å². The molecule has 0 bridgehead atoms. The van der Waals surface area contributed by atoms with Crippen LogP contribution < -0.4 is 31.9 Å². The Kier molecular flexibility index (Phi) is 14.2. The molecule has 0 aliphatic carbocycles. The zero-order valence-corrected chi connectivity index (χ0v) is 35.6. The van der Waals surface area contributed by atoms with Crippen LogP contribution in [0.1, 0.15) is 54.6 Å². The van der Waals surface area contributed by atoms with Crippen molar-refractivity contribution >= 4 is 86.1 Å². The van der Waals surface area contributed by atoms with E-state index in [1.807, 2.05) is 104 Å². The van der Waals surface area contributed by atoms with E-state index in [9.17, 15) is 14.4 Å². The van der Waals surface area contributed by atoms with E-state index in [2.05, 4.69) is 30.4 Å². The summed E-state index contributed by atoms with van der Waals surface area (Å²) in [6.45, 7) is 8.94. The number of hydrogen-bond acceptors (Lipinski definition) is 14. The van der Waals surface area contributed by atoms with E-state index < -0.39 is 11.6 Å². The van der Waals surface area contributed by atoms with Crippen molar-refractivity contribution in [3.63, 3.8) is 0 Å². The summed E-state index contributed by atoms with van der Waals surface area (Å²) < 4.78 is 5.27. The van der Waals surface area contributed by atoms with E-state index in [-0.39, 0.29) is 29.8 Å². The number of aromatic carboxylic acids is 1. The molecule has 17 heteroatoms. The third-order valence-corrected chi connectivity index (χ3v) is 12.6. The first-order valence-corrected chi connectivity index (χ1v) is 22.1. The molecule has 0 unspecified atom stereocenters. The molecule has 2 saturated heterocycles. The number of thiophene rings is 2. The van der Waals surface area contributed by atoms with E-state index in [4.69, 9.17) is 21.3 Å². The lowest BCUT2D eigenvalue weighted by atomic mass is 10.2. The molecule has 2 fully saturated rings. The van der Waals surface area contributed by atoms with Gasteiger partial charge in [0.2, 0.25) is 0 Å². The predicted molar refractivity (Wildman–Crippen MR) is 238 cm³/mol. The molecule has 2 atom stereocenters. The topological polar surface area (TPSA) is 189 Å². The number of carboxylic acid groups (broad SMARTS) is 1. The second-order valence-corrected chi connectivity index (χ2v) is 18.0. The van der Waals surface area contributed by atoms with Gasteiger partial charge < -0.3 is 41.7 Å². The van der Waals surface area contributed by atoms with Gasteiger partial charge in [0.25, 0.3) is 5.91 Å². The number of para-hydroxylation sites is 4. The summed E-state index contributed by atoms with van der Waals surface area (Å²) in [5.74, 6) is -1.16. The van der Waals surface area contributed by atoms with Crippen LogP contribution >= 0.6 is 45.3 Å². The van der Waals surface area contributed by atoms with Gasteiger partial charge in [0.05, 0.1) is 38.5 Å². The summed E-state index contributed by atoms with van der Waals surface area (Å²) in [5, 5.41) is 23.5. The van der Waals surface area contributed by atoms with Crippen LogP contribution in [0.3, 0.4) is 0 Å². The van der Waals surface area contributed by atoms with Crippen LogP contribution in [0.25, 0.3) is 19.8 Å². The van der Waals surface area contributed by atoms with Crippen molar-refractivity contribution in [1.82, 2.24) is 15.3 Å². The number of rotatable bonds is 8. The molecular formula is C41H46N8O5S4. The number of nitrogens with zero attached hydrogens (tertiary/aromatic N) is 4. The molecule has 304 valence electrons. The number of nitrogens with one attached hydrogen (secondary N) is 2. The van der Waals surface area contributed by atoms with Crippen molar-refractivity contribution in [3.05, 3.63) is 106 Å². The lowest BCUT2D eigenvalue weighted by molar-refractivity contribution is 0.0508. The third kappa shape index (κ3) is 11.6. The number of ether oxygens (including phenoxy) is 1. The van der Waals surface area contributed by atoms with Crippen LogP contribution in [-0.2, 0) is 4.74 Å². The van der Waals surface area contributed by atoms with Crippen LogP contribution in [0.4, 0.5) is 27.5 Å². The summed E-state index contributed by atoms with van der Waals surface area (Å²) >= 11 is 6.02. The number of amides is 2. The highest BCUT2D eigenvalue weighted by Gasteiger charge is 2.27. The minimum absolute atomic E-state index is 0.101. The van der Waals surface area contributed by atoms with Crippen molar-refractivity contribution in [1.29, 1.82) is 0 Å². The van der Waals surface area contributed by atoms with Gasteiger partial charge in [-0.25, -0.2) is 19.6 Å². The summed E-state index contributed by atoms with van der Waals surface area (Å²) in [5.41, 5.74) is 15.7. The quantitative estimate of drug-likeness (QED) is 0.0922. The average Bonchev–Trinajstić information content (AvgIpc) is 4.03. The Hall–Kier alpha value is -5.33. The maximum atomic E-state index is 12.6. The van der Waals surface area contributed by atoms with Gasteiger partial charge in [0.15, 0.2) is 5.69 Å². The molecule has 58 heavy (non-hydrogen) atoms. The number of hydrogen-bond donors (Lipinski definition) is 5. The molecule has 4 aromatic heterocycles. The number of nitrogens with two attached hydrogens (primary N) is 2. The van der Waals surface area contributed by atoms with Crippen LogP contribution in [0.15, 0.2) is 94.3 Å². The SMILES string of the molecule is CC(C)(C)OC(=O)N[C@@H]1CCN(c2ccccc2N)C1.N[C@@H]1CCN(c2ccccc2NC(=O)c2csc(-c3cccs3)n2)C1.O=C(O)c1csc(-c2cccs2)n1. The van der Waals surface area contributed by atoms with Gasteiger partial charge in [0, 0.05) is 43.0 Å². The van der Waals surface area contributed by atoms with Gasteiger partial charge in [0.1, 0.15) is 21.3 Å². The Morgan fingerprint density at radius 2 is 1.36 bits per heavy atom. The fourth-order valence-electron chi connectivity index (χ4n) is 6.17. The summed E-state index contributed by atoms with van der Waals surface area (Å²) in [6.07, 6.45) is 1.51. The number of alkyl carbamates (subject to hydrolysis) is 1. The Balaban J connectivity index is 0.000000154.